The second kappa shape index (κ2) is 6.03. The van der Waals surface area contributed by atoms with Crippen LogP contribution in [0.3, 0.4) is 0 Å². The summed E-state index contributed by atoms with van der Waals surface area (Å²) in [5.41, 5.74) is 5.34. The molecule has 2 aromatic carbocycles. The Labute approximate surface area is 147 Å². The predicted octanol–water partition coefficient (Wildman–Crippen LogP) is 5.48. The number of anilines is 1. The Morgan fingerprint density at radius 2 is 2.17 bits per heavy atom. The number of rotatable bonds is 2. The van der Waals surface area contributed by atoms with Gasteiger partial charge in [0.1, 0.15) is 5.75 Å². The number of halogens is 1. The van der Waals surface area contributed by atoms with Crippen LogP contribution in [0.5, 0.6) is 5.75 Å². The lowest BCUT2D eigenvalue weighted by atomic mass is 10.00. The fourth-order valence-corrected chi connectivity index (χ4v) is 4.08. The summed E-state index contributed by atoms with van der Waals surface area (Å²) in [6.45, 7) is 11.0. The molecule has 24 heavy (non-hydrogen) atoms. The Hall–Kier alpha value is -2.18. The molecule has 3 nitrogen and oxygen atoms in total. The number of hydrogen-bond donors (Lipinski definition) is 0. The van der Waals surface area contributed by atoms with E-state index >= 15 is 0 Å². The van der Waals surface area contributed by atoms with Crippen molar-refractivity contribution >= 4 is 23.0 Å². The van der Waals surface area contributed by atoms with Gasteiger partial charge >= 0.3 is 0 Å². The van der Waals surface area contributed by atoms with Gasteiger partial charge in [0.2, 0.25) is 5.69 Å². The summed E-state index contributed by atoms with van der Waals surface area (Å²) < 4.78 is 5.63. The van der Waals surface area contributed by atoms with Gasteiger partial charge < -0.3 is 9.64 Å². The van der Waals surface area contributed by atoms with Crippen molar-refractivity contribution in [2.75, 3.05) is 18.1 Å². The van der Waals surface area contributed by atoms with Crippen LogP contribution in [0.2, 0.25) is 5.02 Å². The van der Waals surface area contributed by atoms with Gasteiger partial charge in [-0.15, -0.1) is 0 Å². The summed E-state index contributed by atoms with van der Waals surface area (Å²) in [5.74, 6) is 1.03. The van der Waals surface area contributed by atoms with Crippen LogP contribution in [0, 0.1) is 13.5 Å². The molecule has 122 valence electrons. The molecule has 4 heteroatoms. The Kier molecular flexibility index (Phi) is 3.86. The topological polar surface area (TPSA) is 16.8 Å². The first-order chi connectivity index (χ1) is 11.7. The summed E-state index contributed by atoms with van der Waals surface area (Å²) in [6.07, 6.45) is 3.31. The Morgan fingerprint density at radius 3 is 3.00 bits per heavy atom. The van der Waals surface area contributed by atoms with Crippen LogP contribution < -0.4 is 9.64 Å². The lowest BCUT2D eigenvalue weighted by Crippen LogP contribution is -2.23. The summed E-state index contributed by atoms with van der Waals surface area (Å²) in [4.78, 5) is 5.94. The highest BCUT2D eigenvalue weighted by Gasteiger charge is 2.29. The Balaban J connectivity index is 1.71. The smallest absolute Gasteiger partial charge is 0.205 e. The van der Waals surface area contributed by atoms with E-state index in [4.69, 9.17) is 22.9 Å². The van der Waals surface area contributed by atoms with Gasteiger partial charge in [-0.25, -0.2) is 4.85 Å². The number of nitrogens with zero attached hydrogens (tertiary/aromatic N) is 2. The molecule has 0 aliphatic carbocycles. The van der Waals surface area contributed by atoms with Gasteiger partial charge in [-0.05, 0) is 54.7 Å². The highest BCUT2D eigenvalue weighted by atomic mass is 35.5. The summed E-state index contributed by atoms with van der Waals surface area (Å²) >= 11 is 6.39. The summed E-state index contributed by atoms with van der Waals surface area (Å²) in [5, 5.41) is 0.579. The lowest BCUT2D eigenvalue weighted by Gasteiger charge is -2.29. The zero-order valence-corrected chi connectivity index (χ0v) is 14.4. The molecular weight excluding hydrogens is 320 g/mol. The van der Waals surface area contributed by atoms with E-state index < -0.39 is 0 Å². The van der Waals surface area contributed by atoms with Crippen LogP contribution in [-0.4, -0.2) is 13.2 Å². The minimum absolute atomic E-state index is 0.365. The van der Waals surface area contributed by atoms with Crippen molar-refractivity contribution in [1.82, 2.24) is 0 Å². The highest BCUT2D eigenvalue weighted by molar-refractivity contribution is 6.34. The third kappa shape index (κ3) is 2.42. The van der Waals surface area contributed by atoms with Gasteiger partial charge in [-0.1, -0.05) is 23.7 Å². The van der Waals surface area contributed by atoms with Crippen LogP contribution in [0.1, 0.15) is 35.6 Å². The first kappa shape index (κ1) is 15.4. The van der Waals surface area contributed by atoms with Crippen LogP contribution >= 0.6 is 11.6 Å². The molecule has 0 spiro atoms. The van der Waals surface area contributed by atoms with Crippen molar-refractivity contribution in [2.45, 2.75) is 32.2 Å². The van der Waals surface area contributed by atoms with E-state index in [1.165, 1.54) is 17.5 Å². The van der Waals surface area contributed by atoms with Crippen LogP contribution in [0.4, 0.5) is 11.4 Å². The highest BCUT2D eigenvalue weighted by Crippen LogP contribution is 2.42. The van der Waals surface area contributed by atoms with Gasteiger partial charge in [-0.3, -0.25) is 0 Å². The number of benzene rings is 2. The Bertz CT molecular complexity index is 840. The van der Waals surface area contributed by atoms with Crippen molar-refractivity contribution in [1.29, 1.82) is 0 Å². The van der Waals surface area contributed by atoms with Gasteiger partial charge in [0.15, 0.2) is 0 Å². The zero-order chi connectivity index (χ0) is 16.7. The second-order valence-corrected chi connectivity index (χ2v) is 6.85. The maximum atomic E-state index is 7.22. The molecule has 1 saturated heterocycles. The molecule has 0 radical (unpaired) electrons. The second-order valence-electron chi connectivity index (χ2n) is 6.47. The minimum Gasteiger partial charge on any atom is -0.493 e. The SMILES string of the molecule is [C-]#[N+]c1ccc(N2CCCC2c2ccc3c(c2)CCO3)c(C)c1Cl. The van der Waals surface area contributed by atoms with Crippen molar-refractivity contribution in [2.24, 2.45) is 0 Å². The van der Waals surface area contributed by atoms with E-state index in [9.17, 15) is 0 Å². The van der Waals surface area contributed by atoms with E-state index in [1.807, 2.05) is 19.1 Å². The maximum Gasteiger partial charge on any atom is 0.205 e. The molecule has 4 rings (SSSR count). The Morgan fingerprint density at radius 1 is 1.29 bits per heavy atom. The molecule has 2 aromatic rings. The van der Waals surface area contributed by atoms with E-state index in [-0.39, 0.29) is 0 Å². The molecule has 0 aromatic heterocycles. The van der Waals surface area contributed by atoms with Crippen molar-refractivity contribution < 1.29 is 4.74 Å². The van der Waals surface area contributed by atoms with Crippen molar-refractivity contribution in [3.05, 3.63) is 63.5 Å². The average Bonchev–Trinajstić information content (AvgIpc) is 3.25. The molecule has 2 aliphatic heterocycles. The van der Waals surface area contributed by atoms with E-state index in [0.717, 1.165) is 43.0 Å². The number of hydrogen-bond acceptors (Lipinski definition) is 2. The number of fused-ring (bicyclic) bond motifs is 1. The third-order valence-electron chi connectivity index (χ3n) is 5.12. The van der Waals surface area contributed by atoms with Crippen LogP contribution in [0.15, 0.2) is 30.3 Å². The standard InChI is InChI=1S/C20H19ClN2O/c1-13-17(7-6-16(22-2)20(13)21)23-10-3-4-18(23)14-5-8-19-15(12-14)9-11-24-19/h5-8,12,18H,3-4,9-11H2,1H3. The van der Waals surface area contributed by atoms with E-state index in [1.54, 1.807) is 0 Å². The fourth-order valence-electron chi connectivity index (χ4n) is 3.87. The molecule has 1 fully saturated rings. The normalized spacial score (nSPS) is 19.0. The molecule has 0 saturated carbocycles. The van der Waals surface area contributed by atoms with Gasteiger partial charge in [0.25, 0.3) is 0 Å². The maximum absolute atomic E-state index is 7.22. The fraction of sp³-hybridized carbons (Fsp3) is 0.350. The number of ether oxygens (including phenoxy) is 1. The molecule has 1 unspecified atom stereocenters. The molecule has 0 amide bonds. The van der Waals surface area contributed by atoms with Crippen molar-refractivity contribution in [3.63, 3.8) is 0 Å². The minimum atomic E-state index is 0.365. The first-order valence-electron chi connectivity index (χ1n) is 8.38. The predicted molar refractivity (Wildman–Crippen MR) is 97.4 cm³/mol. The van der Waals surface area contributed by atoms with E-state index in [0.29, 0.717) is 16.8 Å². The summed E-state index contributed by atoms with van der Waals surface area (Å²) in [7, 11) is 0. The molecule has 0 bridgehead atoms. The van der Waals surface area contributed by atoms with Crippen LogP contribution in [0.25, 0.3) is 4.85 Å². The average molecular weight is 339 g/mol. The first-order valence-corrected chi connectivity index (χ1v) is 8.75. The van der Waals surface area contributed by atoms with Gasteiger partial charge in [0.05, 0.1) is 24.2 Å². The largest absolute Gasteiger partial charge is 0.493 e. The van der Waals surface area contributed by atoms with Gasteiger partial charge in [0, 0.05) is 18.7 Å². The summed E-state index contributed by atoms with van der Waals surface area (Å²) in [6, 6.07) is 10.8. The third-order valence-corrected chi connectivity index (χ3v) is 5.60. The lowest BCUT2D eigenvalue weighted by molar-refractivity contribution is 0.357. The molecule has 0 N–H and O–H groups in total. The molecule has 2 heterocycles. The molecule has 2 aliphatic rings. The van der Waals surface area contributed by atoms with Crippen molar-refractivity contribution in [3.8, 4) is 5.75 Å². The quantitative estimate of drug-likeness (QED) is 0.675. The monoisotopic (exact) mass is 338 g/mol. The van der Waals surface area contributed by atoms with Gasteiger partial charge in [-0.2, -0.15) is 0 Å². The van der Waals surface area contributed by atoms with Crippen LogP contribution in [-0.2, 0) is 6.42 Å². The molecule has 1 atom stereocenters. The molecular formula is C20H19ClN2O. The van der Waals surface area contributed by atoms with E-state index in [2.05, 4.69) is 27.9 Å². The zero-order valence-electron chi connectivity index (χ0n) is 13.7.